The highest BCUT2D eigenvalue weighted by atomic mass is 32.2. The average molecular weight is 269 g/mol. The summed E-state index contributed by atoms with van der Waals surface area (Å²) in [4.78, 5) is 11.7. The second-order valence-electron chi connectivity index (χ2n) is 3.70. The molecule has 0 saturated carbocycles. The first-order chi connectivity index (χ1) is 8.59. The lowest BCUT2D eigenvalue weighted by Crippen LogP contribution is -2.44. The second-order valence-corrected chi connectivity index (χ2v) is 5.38. The van der Waals surface area contributed by atoms with Gasteiger partial charge >= 0.3 is 0 Å². The van der Waals surface area contributed by atoms with Crippen molar-refractivity contribution in [3.8, 4) is 0 Å². The number of carbonyl (C=O) groups is 1. The fourth-order valence-electron chi connectivity index (χ4n) is 1.48. The van der Waals surface area contributed by atoms with Crippen LogP contribution in [0.1, 0.15) is 0 Å². The van der Waals surface area contributed by atoms with Gasteiger partial charge < -0.3 is 10.1 Å². The number of ether oxygens (including phenoxy) is 1. The van der Waals surface area contributed by atoms with Gasteiger partial charge in [-0.3, -0.25) is 4.79 Å². The van der Waals surface area contributed by atoms with Gasteiger partial charge in [0.1, 0.15) is 0 Å². The number of nitrogens with one attached hydrogen (secondary N) is 2. The third-order valence-electron chi connectivity index (χ3n) is 2.37. The van der Waals surface area contributed by atoms with Crippen LogP contribution in [0, 0.1) is 6.10 Å². The van der Waals surface area contributed by atoms with Crippen molar-refractivity contribution >= 4 is 15.9 Å². The molecule has 0 spiro atoms. The first-order valence-electron chi connectivity index (χ1n) is 5.41. The van der Waals surface area contributed by atoms with E-state index in [4.69, 9.17) is 4.74 Å². The molecular formula is C11H13N2O4S. The van der Waals surface area contributed by atoms with E-state index in [-0.39, 0.29) is 17.5 Å². The second kappa shape index (κ2) is 5.47. The third kappa shape index (κ3) is 3.06. The zero-order valence-electron chi connectivity index (χ0n) is 9.55. The minimum atomic E-state index is -3.84. The van der Waals surface area contributed by atoms with Crippen molar-refractivity contribution in [3.63, 3.8) is 0 Å². The van der Waals surface area contributed by atoms with Crippen LogP contribution in [0.2, 0.25) is 0 Å². The predicted molar refractivity (Wildman–Crippen MR) is 63.8 cm³/mol. The molecule has 1 heterocycles. The smallest absolute Gasteiger partial charge is 0.270 e. The maximum Gasteiger partial charge on any atom is 0.270 e. The van der Waals surface area contributed by atoms with Crippen LogP contribution >= 0.6 is 0 Å². The van der Waals surface area contributed by atoms with Crippen LogP contribution in [0.25, 0.3) is 0 Å². The van der Waals surface area contributed by atoms with Crippen LogP contribution in [0.4, 0.5) is 0 Å². The van der Waals surface area contributed by atoms with Crippen molar-refractivity contribution in [1.82, 2.24) is 10.0 Å². The first-order valence-corrected chi connectivity index (χ1v) is 6.89. The SMILES string of the molecule is O=C(NS(=O)(=O)c1ccccc1)[C]1CNCCO1. The topological polar surface area (TPSA) is 84.5 Å². The Bertz CT molecular complexity index is 509. The summed E-state index contributed by atoms with van der Waals surface area (Å²) < 4.78 is 30.8. The minimum absolute atomic E-state index is 0.0442. The average Bonchev–Trinajstić information content (AvgIpc) is 2.40. The molecule has 1 aliphatic rings. The van der Waals surface area contributed by atoms with Crippen LogP contribution < -0.4 is 10.0 Å². The number of rotatable bonds is 3. The highest BCUT2D eigenvalue weighted by molar-refractivity contribution is 7.90. The number of benzene rings is 1. The minimum Gasteiger partial charge on any atom is -0.359 e. The Hall–Kier alpha value is -1.44. The van der Waals surface area contributed by atoms with Gasteiger partial charge in [-0.25, -0.2) is 13.1 Å². The number of sulfonamides is 1. The van der Waals surface area contributed by atoms with E-state index in [1.54, 1.807) is 18.2 Å². The molecule has 0 aromatic heterocycles. The standard InChI is InChI=1S/C11H13N2O4S/c14-11(10-8-12-6-7-17-10)13-18(15,16)9-4-2-1-3-5-9/h1-5,12H,6-8H2,(H,13,14). The fraction of sp³-hybridized carbons (Fsp3) is 0.273. The van der Waals surface area contributed by atoms with Gasteiger partial charge in [0.2, 0.25) is 0 Å². The molecule has 1 saturated heterocycles. The third-order valence-corrected chi connectivity index (χ3v) is 3.72. The van der Waals surface area contributed by atoms with Gasteiger partial charge in [-0.05, 0) is 12.1 Å². The molecule has 0 atom stereocenters. The molecule has 0 unspecified atom stereocenters. The Balaban J connectivity index is 2.06. The Labute approximate surface area is 105 Å². The van der Waals surface area contributed by atoms with Crippen molar-refractivity contribution in [2.45, 2.75) is 4.90 Å². The van der Waals surface area contributed by atoms with Gasteiger partial charge in [-0.15, -0.1) is 0 Å². The van der Waals surface area contributed by atoms with Gasteiger partial charge in [0.25, 0.3) is 15.9 Å². The highest BCUT2D eigenvalue weighted by Crippen LogP contribution is 2.10. The lowest BCUT2D eigenvalue weighted by Gasteiger charge is -2.21. The van der Waals surface area contributed by atoms with Gasteiger partial charge in [-0.1, -0.05) is 18.2 Å². The quantitative estimate of drug-likeness (QED) is 0.783. The van der Waals surface area contributed by atoms with E-state index in [2.05, 4.69) is 5.32 Å². The van der Waals surface area contributed by atoms with Crippen LogP contribution in [-0.4, -0.2) is 34.0 Å². The molecule has 0 aliphatic carbocycles. The van der Waals surface area contributed by atoms with Crippen LogP contribution in [0.15, 0.2) is 35.2 Å². The molecule has 1 fully saturated rings. The summed E-state index contributed by atoms with van der Waals surface area (Å²) in [5, 5.41) is 2.92. The van der Waals surface area contributed by atoms with Gasteiger partial charge in [0.15, 0.2) is 6.10 Å². The molecule has 18 heavy (non-hydrogen) atoms. The first kappa shape index (κ1) is 13.0. The molecule has 7 heteroatoms. The van der Waals surface area contributed by atoms with E-state index >= 15 is 0 Å². The van der Waals surface area contributed by atoms with Crippen molar-refractivity contribution < 1.29 is 17.9 Å². The lowest BCUT2D eigenvalue weighted by molar-refractivity contribution is -0.124. The summed E-state index contributed by atoms with van der Waals surface area (Å²) in [5.41, 5.74) is 0. The zero-order valence-corrected chi connectivity index (χ0v) is 10.4. The fourth-order valence-corrected chi connectivity index (χ4v) is 2.47. The molecule has 2 N–H and O–H groups in total. The zero-order chi connectivity index (χ0) is 13.0. The van der Waals surface area contributed by atoms with Crippen molar-refractivity contribution in [1.29, 1.82) is 0 Å². The number of hydrogen-bond acceptors (Lipinski definition) is 5. The number of carbonyl (C=O) groups excluding carboxylic acids is 1. The molecular weight excluding hydrogens is 256 g/mol. The van der Waals surface area contributed by atoms with E-state index in [0.717, 1.165) is 0 Å². The molecule has 1 aliphatic heterocycles. The highest BCUT2D eigenvalue weighted by Gasteiger charge is 2.27. The normalized spacial score (nSPS) is 17.3. The summed E-state index contributed by atoms with van der Waals surface area (Å²) in [6.07, 6.45) is 0.0840. The van der Waals surface area contributed by atoms with Gasteiger partial charge in [-0.2, -0.15) is 0 Å². The van der Waals surface area contributed by atoms with Crippen LogP contribution in [-0.2, 0) is 19.6 Å². The van der Waals surface area contributed by atoms with Crippen molar-refractivity contribution in [2.24, 2.45) is 0 Å². The molecule has 1 amide bonds. The lowest BCUT2D eigenvalue weighted by atomic mass is 10.3. The summed E-state index contributed by atoms with van der Waals surface area (Å²) >= 11 is 0. The van der Waals surface area contributed by atoms with E-state index in [9.17, 15) is 13.2 Å². The van der Waals surface area contributed by atoms with Gasteiger partial charge in [0, 0.05) is 13.1 Å². The van der Waals surface area contributed by atoms with Crippen LogP contribution in [0.3, 0.4) is 0 Å². The van der Waals surface area contributed by atoms with Crippen LogP contribution in [0.5, 0.6) is 0 Å². The van der Waals surface area contributed by atoms with E-state index in [0.29, 0.717) is 13.2 Å². The monoisotopic (exact) mass is 269 g/mol. The van der Waals surface area contributed by atoms with Crippen molar-refractivity contribution in [2.75, 3.05) is 19.7 Å². The largest absolute Gasteiger partial charge is 0.359 e. The molecule has 1 aromatic rings. The Morgan fingerprint density at radius 2 is 2.00 bits per heavy atom. The maximum absolute atomic E-state index is 11.9. The Kier molecular flexibility index (Phi) is 3.95. The van der Waals surface area contributed by atoms with Crippen molar-refractivity contribution in [3.05, 3.63) is 36.4 Å². The van der Waals surface area contributed by atoms with E-state index in [1.807, 2.05) is 4.72 Å². The predicted octanol–water partition coefficient (Wildman–Crippen LogP) is -0.357. The summed E-state index contributed by atoms with van der Waals surface area (Å²) in [6.45, 7) is 1.23. The molecule has 0 bridgehead atoms. The number of amides is 1. The summed E-state index contributed by atoms with van der Waals surface area (Å²) in [6, 6.07) is 7.71. The summed E-state index contributed by atoms with van der Waals surface area (Å²) in [5.74, 6) is -0.731. The van der Waals surface area contributed by atoms with E-state index < -0.39 is 15.9 Å². The van der Waals surface area contributed by atoms with E-state index in [1.165, 1.54) is 12.1 Å². The number of hydrogen-bond donors (Lipinski definition) is 2. The maximum atomic E-state index is 11.9. The summed E-state index contributed by atoms with van der Waals surface area (Å²) in [7, 11) is -3.84. The Morgan fingerprint density at radius 1 is 1.28 bits per heavy atom. The van der Waals surface area contributed by atoms with Gasteiger partial charge in [0.05, 0.1) is 11.5 Å². The number of morpholine rings is 1. The molecule has 97 valence electrons. The molecule has 2 rings (SSSR count). The molecule has 1 radical (unpaired) electrons. The molecule has 1 aromatic carbocycles. The Morgan fingerprint density at radius 3 is 2.61 bits per heavy atom. The molecule has 6 nitrogen and oxygen atoms in total.